The van der Waals surface area contributed by atoms with E-state index in [2.05, 4.69) is 5.32 Å². The summed E-state index contributed by atoms with van der Waals surface area (Å²) in [5.74, 6) is -0.204. The van der Waals surface area contributed by atoms with Gasteiger partial charge in [-0.15, -0.1) is 12.4 Å². The van der Waals surface area contributed by atoms with Gasteiger partial charge in [-0.25, -0.2) is 0 Å². The summed E-state index contributed by atoms with van der Waals surface area (Å²) in [4.78, 5) is 12.0. The first kappa shape index (κ1) is 19.9. The van der Waals surface area contributed by atoms with E-state index in [-0.39, 0.29) is 30.3 Å². The topological polar surface area (TPSA) is 64.3 Å². The molecule has 0 aliphatic heterocycles. The maximum absolute atomic E-state index is 12.0. The van der Waals surface area contributed by atoms with Crippen molar-refractivity contribution in [3.63, 3.8) is 0 Å². The van der Waals surface area contributed by atoms with Crippen LogP contribution in [0.1, 0.15) is 37.8 Å². The van der Waals surface area contributed by atoms with Crippen molar-refractivity contribution < 1.29 is 9.53 Å². The zero-order valence-corrected chi connectivity index (χ0v) is 13.7. The first-order chi connectivity index (χ1) is 9.66. The van der Waals surface area contributed by atoms with Crippen LogP contribution in [0.25, 0.3) is 0 Å². The fraction of sp³-hybridized carbons (Fsp3) is 0.562. The Morgan fingerprint density at radius 2 is 1.90 bits per heavy atom. The quantitative estimate of drug-likeness (QED) is 0.689. The molecule has 0 fully saturated rings. The molecule has 0 aliphatic rings. The van der Waals surface area contributed by atoms with E-state index in [0.717, 1.165) is 31.4 Å². The van der Waals surface area contributed by atoms with Crippen LogP contribution in [0.3, 0.4) is 0 Å². The second-order valence-electron chi connectivity index (χ2n) is 5.07. The molecule has 0 saturated carbocycles. The van der Waals surface area contributed by atoms with E-state index in [1.54, 1.807) is 7.11 Å². The van der Waals surface area contributed by atoms with Crippen molar-refractivity contribution in [2.45, 2.75) is 32.2 Å². The van der Waals surface area contributed by atoms with E-state index in [4.69, 9.17) is 10.5 Å². The Labute approximate surface area is 133 Å². The number of hydrogen-bond acceptors (Lipinski definition) is 3. The fourth-order valence-electron chi connectivity index (χ4n) is 2.05. The van der Waals surface area contributed by atoms with Crippen LogP contribution >= 0.6 is 12.4 Å². The van der Waals surface area contributed by atoms with Gasteiger partial charge in [0.05, 0.1) is 5.92 Å². The Balaban J connectivity index is 0.00000400. The maximum Gasteiger partial charge on any atom is 0.224 e. The molecule has 0 aliphatic carbocycles. The van der Waals surface area contributed by atoms with E-state index in [9.17, 15) is 4.79 Å². The molecule has 1 aromatic carbocycles. The monoisotopic (exact) mass is 314 g/mol. The molecule has 0 radical (unpaired) electrons. The molecule has 1 aromatic rings. The van der Waals surface area contributed by atoms with E-state index >= 15 is 0 Å². The third-order valence-corrected chi connectivity index (χ3v) is 3.46. The summed E-state index contributed by atoms with van der Waals surface area (Å²) in [6.07, 6.45) is 3.07. The van der Waals surface area contributed by atoms with Crippen LogP contribution in [0.5, 0.6) is 0 Å². The van der Waals surface area contributed by atoms with Gasteiger partial charge in [0.2, 0.25) is 5.91 Å². The van der Waals surface area contributed by atoms with E-state index in [1.807, 2.05) is 37.3 Å². The lowest BCUT2D eigenvalue weighted by atomic mass is 9.94. The highest BCUT2D eigenvalue weighted by molar-refractivity contribution is 5.85. The van der Waals surface area contributed by atoms with Gasteiger partial charge in [-0.1, -0.05) is 37.3 Å². The SMILES string of the molecule is COCCCCCNC(=O)C(C)C(N)c1ccccc1.Cl. The summed E-state index contributed by atoms with van der Waals surface area (Å²) in [5, 5.41) is 2.95. The number of benzene rings is 1. The molecule has 120 valence electrons. The minimum absolute atomic E-state index is 0. The van der Waals surface area contributed by atoms with Crippen LogP contribution < -0.4 is 11.1 Å². The van der Waals surface area contributed by atoms with Gasteiger partial charge in [0.1, 0.15) is 0 Å². The van der Waals surface area contributed by atoms with E-state index < -0.39 is 0 Å². The lowest BCUT2D eigenvalue weighted by molar-refractivity contribution is -0.125. The Hall–Kier alpha value is -1.10. The summed E-state index contributed by atoms with van der Waals surface area (Å²) in [7, 11) is 1.70. The van der Waals surface area contributed by atoms with Gasteiger partial charge in [0.25, 0.3) is 0 Å². The highest BCUT2D eigenvalue weighted by atomic mass is 35.5. The van der Waals surface area contributed by atoms with Crippen molar-refractivity contribution in [2.24, 2.45) is 11.7 Å². The smallest absolute Gasteiger partial charge is 0.224 e. The summed E-state index contributed by atoms with van der Waals surface area (Å²) in [6, 6.07) is 9.48. The van der Waals surface area contributed by atoms with Gasteiger partial charge in [-0.2, -0.15) is 0 Å². The zero-order valence-electron chi connectivity index (χ0n) is 12.9. The lowest BCUT2D eigenvalue weighted by Gasteiger charge is -2.19. The Kier molecular flexibility index (Phi) is 10.9. The van der Waals surface area contributed by atoms with Crippen LogP contribution in [0.15, 0.2) is 30.3 Å². The molecule has 4 nitrogen and oxygen atoms in total. The summed E-state index contributed by atoms with van der Waals surface area (Å²) >= 11 is 0. The first-order valence-electron chi connectivity index (χ1n) is 7.24. The molecule has 1 amide bonds. The van der Waals surface area contributed by atoms with Crippen LogP contribution in [-0.4, -0.2) is 26.2 Å². The number of rotatable bonds is 9. The fourth-order valence-corrected chi connectivity index (χ4v) is 2.05. The third kappa shape index (κ3) is 7.46. The number of unbranched alkanes of at least 4 members (excludes halogenated alkanes) is 2. The molecule has 1 rings (SSSR count). The van der Waals surface area contributed by atoms with Gasteiger partial charge in [0, 0.05) is 26.3 Å². The van der Waals surface area contributed by atoms with Crippen LogP contribution in [0.2, 0.25) is 0 Å². The zero-order chi connectivity index (χ0) is 14.8. The molecular formula is C16H27ClN2O2. The number of ether oxygens (including phenoxy) is 1. The van der Waals surface area contributed by atoms with Gasteiger partial charge in [-0.05, 0) is 24.8 Å². The molecule has 2 unspecified atom stereocenters. The summed E-state index contributed by atoms with van der Waals surface area (Å²) in [5.41, 5.74) is 7.13. The second-order valence-corrected chi connectivity index (χ2v) is 5.07. The van der Waals surface area contributed by atoms with E-state index in [0.29, 0.717) is 6.54 Å². The molecule has 5 heteroatoms. The number of amides is 1. The maximum atomic E-state index is 12.0. The number of carbonyl (C=O) groups is 1. The van der Waals surface area contributed by atoms with Crippen LogP contribution in [0, 0.1) is 5.92 Å². The van der Waals surface area contributed by atoms with Gasteiger partial charge >= 0.3 is 0 Å². The highest BCUT2D eigenvalue weighted by Gasteiger charge is 2.21. The van der Waals surface area contributed by atoms with Crippen molar-refractivity contribution in [3.05, 3.63) is 35.9 Å². The molecule has 0 aromatic heterocycles. The predicted octanol–water partition coefficient (Wildman–Crippen LogP) is 2.68. The number of nitrogens with one attached hydrogen (secondary N) is 1. The van der Waals surface area contributed by atoms with Gasteiger partial charge in [0.15, 0.2) is 0 Å². The Morgan fingerprint density at radius 3 is 2.52 bits per heavy atom. The Morgan fingerprint density at radius 1 is 1.24 bits per heavy atom. The van der Waals surface area contributed by atoms with Crippen molar-refractivity contribution in [1.82, 2.24) is 5.32 Å². The summed E-state index contributed by atoms with van der Waals surface area (Å²) in [6.45, 7) is 3.36. The number of hydrogen-bond donors (Lipinski definition) is 2. The van der Waals surface area contributed by atoms with Gasteiger partial charge in [-0.3, -0.25) is 4.79 Å². The molecule has 3 N–H and O–H groups in total. The Bertz CT molecular complexity index is 387. The van der Waals surface area contributed by atoms with Crippen LogP contribution in [-0.2, 0) is 9.53 Å². The molecule has 2 atom stereocenters. The van der Waals surface area contributed by atoms with Crippen molar-refractivity contribution in [3.8, 4) is 0 Å². The lowest BCUT2D eigenvalue weighted by Crippen LogP contribution is -2.36. The minimum atomic E-state index is -0.260. The third-order valence-electron chi connectivity index (χ3n) is 3.46. The number of methoxy groups -OCH3 is 1. The van der Waals surface area contributed by atoms with Crippen molar-refractivity contribution in [1.29, 1.82) is 0 Å². The predicted molar refractivity (Wildman–Crippen MR) is 88.5 cm³/mol. The minimum Gasteiger partial charge on any atom is -0.385 e. The van der Waals surface area contributed by atoms with Crippen molar-refractivity contribution >= 4 is 18.3 Å². The largest absolute Gasteiger partial charge is 0.385 e. The summed E-state index contributed by atoms with van der Waals surface area (Å²) < 4.78 is 4.98. The molecule has 0 spiro atoms. The molecule has 0 bridgehead atoms. The van der Waals surface area contributed by atoms with Gasteiger partial charge < -0.3 is 15.8 Å². The van der Waals surface area contributed by atoms with Crippen LogP contribution in [0.4, 0.5) is 0 Å². The first-order valence-corrected chi connectivity index (χ1v) is 7.24. The molecule has 0 heterocycles. The standard InChI is InChI=1S/C16H26N2O2.ClH/c1-13(15(17)14-9-5-3-6-10-14)16(19)18-11-7-4-8-12-20-2;/h3,5-6,9-10,13,15H,4,7-8,11-12,17H2,1-2H3,(H,18,19);1H. The molecule has 0 saturated heterocycles. The number of nitrogens with two attached hydrogens (primary N) is 1. The normalized spacial score (nSPS) is 13.1. The average Bonchev–Trinajstić information content (AvgIpc) is 2.50. The average molecular weight is 315 g/mol. The number of halogens is 1. The highest BCUT2D eigenvalue weighted by Crippen LogP contribution is 2.18. The van der Waals surface area contributed by atoms with Crippen molar-refractivity contribution in [2.75, 3.05) is 20.3 Å². The second kappa shape index (κ2) is 11.5. The molecule has 21 heavy (non-hydrogen) atoms. The molecular weight excluding hydrogens is 288 g/mol. The van der Waals surface area contributed by atoms with E-state index in [1.165, 1.54) is 0 Å². The number of carbonyl (C=O) groups excluding carboxylic acids is 1.